The number of ether oxygens (including phenoxy) is 1. The van der Waals surface area contributed by atoms with Gasteiger partial charge in [-0.05, 0) is 79.9 Å². The van der Waals surface area contributed by atoms with E-state index in [1.807, 2.05) is 12.1 Å². The van der Waals surface area contributed by atoms with Gasteiger partial charge < -0.3 is 4.74 Å². The molecule has 0 atom stereocenters. The van der Waals surface area contributed by atoms with Crippen LogP contribution < -0.4 is 4.74 Å². The van der Waals surface area contributed by atoms with Gasteiger partial charge in [-0.15, -0.1) is 13.2 Å². The molecular formula is C24H35F3O. The van der Waals surface area contributed by atoms with Crippen LogP contribution in [0.1, 0.15) is 93.7 Å². The Balaban J connectivity index is 1.50. The van der Waals surface area contributed by atoms with Gasteiger partial charge in [0.2, 0.25) is 0 Å². The molecule has 2 aliphatic carbocycles. The van der Waals surface area contributed by atoms with Gasteiger partial charge in [0.05, 0.1) is 0 Å². The van der Waals surface area contributed by atoms with Crippen LogP contribution in [0.4, 0.5) is 13.2 Å². The molecule has 2 fully saturated rings. The smallest absolute Gasteiger partial charge is 0.405 e. The second-order valence-corrected chi connectivity index (χ2v) is 9.45. The van der Waals surface area contributed by atoms with Crippen LogP contribution >= 0.6 is 0 Å². The molecule has 2 saturated carbocycles. The molecule has 158 valence electrons. The van der Waals surface area contributed by atoms with Gasteiger partial charge >= 0.3 is 6.36 Å². The van der Waals surface area contributed by atoms with Gasteiger partial charge in [0, 0.05) is 0 Å². The number of hydrogen-bond donors (Lipinski definition) is 0. The van der Waals surface area contributed by atoms with Crippen molar-refractivity contribution in [3.05, 3.63) is 28.8 Å². The monoisotopic (exact) mass is 396 g/mol. The first-order valence-corrected chi connectivity index (χ1v) is 11.1. The van der Waals surface area contributed by atoms with E-state index < -0.39 is 6.36 Å². The normalized spacial score (nSPS) is 28.9. The van der Waals surface area contributed by atoms with Crippen LogP contribution in [0.15, 0.2) is 12.1 Å². The van der Waals surface area contributed by atoms with Crippen LogP contribution in [0.2, 0.25) is 0 Å². The van der Waals surface area contributed by atoms with Crippen molar-refractivity contribution in [1.82, 2.24) is 0 Å². The molecule has 0 aliphatic heterocycles. The second-order valence-electron chi connectivity index (χ2n) is 9.45. The van der Waals surface area contributed by atoms with E-state index in [1.54, 1.807) is 13.8 Å². The number of benzene rings is 1. The predicted octanol–water partition coefficient (Wildman–Crippen LogP) is 8.08. The lowest BCUT2D eigenvalue weighted by Crippen LogP contribution is -2.19. The molecule has 4 heteroatoms. The summed E-state index contributed by atoms with van der Waals surface area (Å²) in [4.78, 5) is 0. The van der Waals surface area contributed by atoms with Gasteiger partial charge in [0.1, 0.15) is 5.75 Å². The van der Waals surface area contributed by atoms with Crippen LogP contribution in [0.5, 0.6) is 5.75 Å². The first kappa shape index (κ1) is 21.5. The molecular weight excluding hydrogens is 361 g/mol. The van der Waals surface area contributed by atoms with Crippen LogP contribution in [0, 0.1) is 31.6 Å². The summed E-state index contributed by atoms with van der Waals surface area (Å²) in [6.07, 6.45) is 8.60. The summed E-state index contributed by atoms with van der Waals surface area (Å²) in [5.74, 6) is 3.15. The fourth-order valence-corrected chi connectivity index (χ4v) is 5.37. The van der Waals surface area contributed by atoms with E-state index in [0.717, 1.165) is 30.6 Å². The molecule has 0 spiro atoms. The van der Waals surface area contributed by atoms with Gasteiger partial charge in [-0.25, -0.2) is 0 Å². The van der Waals surface area contributed by atoms with Crippen LogP contribution in [-0.4, -0.2) is 6.36 Å². The number of halogens is 3. The molecule has 0 aromatic heterocycles. The molecule has 1 aromatic rings. The first-order valence-electron chi connectivity index (χ1n) is 11.1. The summed E-state index contributed by atoms with van der Waals surface area (Å²) in [6, 6.07) is 3.81. The summed E-state index contributed by atoms with van der Waals surface area (Å²) < 4.78 is 42.0. The Morgan fingerprint density at radius 3 is 1.75 bits per heavy atom. The Kier molecular flexibility index (Phi) is 6.98. The zero-order valence-electron chi connectivity index (χ0n) is 17.6. The maximum Gasteiger partial charge on any atom is 0.573 e. The van der Waals surface area contributed by atoms with Crippen LogP contribution in [-0.2, 0) is 0 Å². The lowest BCUT2D eigenvalue weighted by Gasteiger charge is -2.32. The Labute approximate surface area is 168 Å². The van der Waals surface area contributed by atoms with E-state index in [1.165, 1.54) is 56.9 Å². The lowest BCUT2D eigenvalue weighted by atomic mass is 9.74. The van der Waals surface area contributed by atoms with Crippen molar-refractivity contribution in [3.8, 4) is 5.75 Å². The van der Waals surface area contributed by atoms with Gasteiger partial charge in [-0.3, -0.25) is 0 Å². The molecule has 3 rings (SSSR count). The molecule has 0 heterocycles. The third-order valence-corrected chi connectivity index (χ3v) is 7.14. The maximum atomic E-state index is 12.6. The van der Waals surface area contributed by atoms with E-state index in [9.17, 15) is 13.2 Å². The van der Waals surface area contributed by atoms with E-state index in [-0.39, 0.29) is 5.75 Å². The van der Waals surface area contributed by atoms with E-state index in [0.29, 0.717) is 17.0 Å². The summed E-state index contributed by atoms with van der Waals surface area (Å²) >= 11 is 0. The molecule has 1 aromatic carbocycles. The topological polar surface area (TPSA) is 9.23 Å². The van der Waals surface area contributed by atoms with Crippen molar-refractivity contribution in [2.75, 3.05) is 0 Å². The highest BCUT2D eigenvalue weighted by atomic mass is 19.4. The molecule has 2 aliphatic rings. The third-order valence-electron chi connectivity index (χ3n) is 7.14. The second kappa shape index (κ2) is 9.09. The van der Waals surface area contributed by atoms with Crippen molar-refractivity contribution in [1.29, 1.82) is 0 Å². The highest BCUT2D eigenvalue weighted by Crippen LogP contribution is 2.41. The van der Waals surface area contributed by atoms with Crippen molar-refractivity contribution in [3.63, 3.8) is 0 Å². The number of alkyl halides is 3. The summed E-state index contributed by atoms with van der Waals surface area (Å²) in [7, 11) is 0. The summed E-state index contributed by atoms with van der Waals surface area (Å²) in [5, 5.41) is 0. The average Bonchev–Trinajstić information content (AvgIpc) is 2.64. The van der Waals surface area contributed by atoms with Gasteiger partial charge in [0.15, 0.2) is 0 Å². The number of hydrogen-bond acceptors (Lipinski definition) is 1. The van der Waals surface area contributed by atoms with Gasteiger partial charge in [-0.2, -0.15) is 0 Å². The molecule has 0 N–H and O–H groups in total. The maximum absolute atomic E-state index is 12.6. The molecule has 0 radical (unpaired) electrons. The minimum Gasteiger partial charge on any atom is -0.405 e. The van der Waals surface area contributed by atoms with Crippen molar-refractivity contribution in [2.24, 2.45) is 17.8 Å². The predicted molar refractivity (Wildman–Crippen MR) is 108 cm³/mol. The highest BCUT2D eigenvalue weighted by Gasteiger charge is 2.33. The van der Waals surface area contributed by atoms with Crippen molar-refractivity contribution < 1.29 is 17.9 Å². The van der Waals surface area contributed by atoms with E-state index in [4.69, 9.17) is 0 Å². The van der Waals surface area contributed by atoms with Crippen LogP contribution in [0.25, 0.3) is 0 Å². The first-order chi connectivity index (χ1) is 13.2. The minimum atomic E-state index is -4.63. The Morgan fingerprint density at radius 1 is 0.821 bits per heavy atom. The number of aryl methyl sites for hydroxylation is 2. The van der Waals surface area contributed by atoms with Gasteiger partial charge in [-0.1, -0.05) is 57.6 Å². The minimum absolute atomic E-state index is 0.0354. The van der Waals surface area contributed by atoms with Crippen molar-refractivity contribution >= 4 is 0 Å². The largest absolute Gasteiger partial charge is 0.573 e. The fraction of sp³-hybridized carbons (Fsp3) is 0.750. The third kappa shape index (κ3) is 5.90. The molecule has 28 heavy (non-hydrogen) atoms. The Bertz CT molecular complexity index is 613. The number of rotatable bonds is 5. The fourth-order valence-electron chi connectivity index (χ4n) is 5.37. The molecule has 0 unspecified atom stereocenters. The van der Waals surface area contributed by atoms with E-state index >= 15 is 0 Å². The molecule has 1 nitrogen and oxygen atoms in total. The zero-order chi connectivity index (χ0) is 20.3. The lowest BCUT2D eigenvalue weighted by molar-refractivity contribution is -0.275. The molecule has 0 amide bonds. The Hall–Kier alpha value is -1.19. The summed E-state index contributed by atoms with van der Waals surface area (Å²) in [6.45, 7) is 5.81. The molecule has 0 saturated heterocycles. The summed E-state index contributed by atoms with van der Waals surface area (Å²) in [5.41, 5.74) is 2.35. The average molecular weight is 397 g/mol. The van der Waals surface area contributed by atoms with Crippen molar-refractivity contribution in [2.45, 2.75) is 97.3 Å². The van der Waals surface area contributed by atoms with Crippen LogP contribution in [0.3, 0.4) is 0 Å². The molecule has 0 bridgehead atoms. The van der Waals surface area contributed by atoms with E-state index in [2.05, 4.69) is 11.7 Å². The quantitative estimate of drug-likeness (QED) is 0.489. The highest BCUT2D eigenvalue weighted by molar-refractivity contribution is 5.44. The van der Waals surface area contributed by atoms with Gasteiger partial charge in [0.25, 0.3) is 0 Å². The zero-order valence-corrected chi connectivity index (χ0v) is 17.6. The standard InChI is InChI=1S/C24H35F3O/c1-16-4-6-19(7-5-16)8-9-20-10-12-21(13-11-20)22-14-17(2)23(18(3)15-22)28-24(25,26)27/h14-16,19-21H,4-13H2,1-3H3. The SMILES string of the molecule is Cc1cc(C2CCC(CCC3CCC(C)CC3)CC2)cc(C)c1OC(F)(F)F. The Morgan fingerprint density at radius 2 is 1.29 bits per heavy atom.